The molecule has 0 saturated carbocycles. The van der Waals surface area contributed by atoms with Crippen molar-refractivity contribution >= 4 is 60.7 Å². The predicted molar refractivity (Wildman–Crippen MR) is 178 cm³/mol. The molecule has 6 N–H and O–H groups in total. The van der Waals surface area contributed by atoms with Crippen LogP contribution >= 0.6 is 24.8 Å². The molecule has 0 aliphatic carbocycles. The summed E-state index contributed by atoms with van der Waals surface area (Å²) < 4.78 is 0. The van der Waals surface area contributed by atoms with E-state index in [1.165, 1.54) is 6.08 Å². The zero-order valence-corrected chi connectivity index (χ0v) is 27.2. The molecule has 0 unspecified atom stereocenters. The SMILES string of the molecule is C=CC1=C(C)/C(=C\c2[nH]c(Cc3[nH]c(/C=C4\NC(=O)C(C)=C4C=C)c(C)c3CCC(=O)O)c(CCC(=O)O)c2C)NC1=O.Cl.Cl. The number of carbonyl (C=O) groups excluding carboxylic acids is 2. The lowest BCUT2D eigenvalue weighted by atomic mass is 9.98. The molecule has 0 spiro atoms. The third kappa shape index (κ3) is 7.58. The van der Waals surface area contributed by atoms with E-state index in [9.17, 15) is 29.4 Å². The number of hydrogen-bond acceptors (Lipinski definition) is 4. The Morgan fingerprint density at radius 3 is 1.56 bits per heavy atom. The second-order valence-electron chi connectivity index (χ2n) is 10.7. The lowest BCUT2D eigenvalue weighted by Gasteiger charge is -2.07. The van der Waals surface area contributed by atoms with Gasteiger partial charge in [-0.05, 0) is 80.5 Å². The van der Waals surface area contributed by atoms with E-state index in [4.69, 9.17) is 0 Å². The van der Waals surface area contributed by atoms with Crippen LogP contribution in [0.15, 0.2) is 59.0 Å². The molecular weight excluding hydrogens is 619 g/mol. The van der Waals surface area contributed by atoms with Crippen LogP contribution in [0.4, 0.5) is 0 Å². The normalized spacial score (nSPS) is 16.1. The van der Waals surface area contributed by atoms with E-state index < -0.39 is 11.9 Å². The van der Waals surface area contributed by atoms with E-state index in [0.717, 1.165) is 50.6 Å². The quantitative estimate of drug-likeness (QED) is 0.180. The van der Waals surface area contributed by atoms with Gasteiger partial charge < -0.3 is 30.8 Å². The summed E-state index contributed by atoms with van der Waals surface area (Å²) in [5.41, 5.74) is 10.2. The third-order valence-electron chi connectivity index (χ3n) is 8.11. The zero-order chi connectivity index (χ0) is 31.6. The van der Waals surface area contributed by atoms with Crippen molar-refractivity contribution in [2.24, 2.45) is 0 Å². The van der Waals surface area contributed by atoms with Gasteiger partial charge in [0.1, 0.15) is 0 Å². The lowest BCUT2D eigenvalue weighted by Crippen LogP contribution is -2.15. The number of H-pyrrole nitrogens is 2. The van der Waals surface area contributed by atoms with Gasteiger partial charge in [0.05, 0.1) is 5.70 Å². The molecule has 240 valence electrons. The molecule has 2 amide bonds. The van der Waals surface area contributed by atoms with Gasteiger partial charge in [0.15, 0.2) is 0 Å². The molecule has 45 heavy (non-hydrogen) atoms. The standard InChI is InChI=1S/C33H36N4O6.2ClH/c1-7-20-19(6)32(42)37-27(20)14-25-18(5)23(10-12-31(40)41)29(35-25)15-28-22(9-11-30(38)39)17(4)24(34-28)13-26-16(3)21(8-2)33(43)36-26;;/h7-8,13-14,34-35H,1-2,9-12,15H2,3-6H3,(H,36,43)(H,37,42)(H,38,39)(H,40,41);2*1H/b26-13+,27-14-;;. The number of allylic oxidation sites excluding steroid dienone is 2. The number of carboxylic acids is 2. The first kappa shape index (κ1) is 36.7. The van der Waals surface area contributed by atoms with Gasteiger partial charge in [-0.3, -0.25) is 19.2 Å². The average Bonchev–Trinajstić information content (AvgIpc) is 3.59. The Hall–Kier alpha value is -4.54. The van der Waals surface area contributed by atoms with E-state index >= 15 is 0 Å². The summed E-state index contributed by atoms with van der Waals surface area (Å²) in [6.45, 7) is 14.9. The Balaban J connectivity index is 0.00000353. The lowest BCUT2D eigenvalue weighted by molar-refractivity contribution is -0.138. The van der Waals surface area contributed by atoms with Gasteiger partial charge in [-0.15, -0.1) is 24.8 Å². The van der Waals surface area contributed by atoms with E-state index in [1.807, 2.05) is 32.9 Å². The summed E-state index contributed by atoms with van der Waals surface area (Å²) in [5.74, 6) is -2.28. The minimum Gasteiger partial charge on any atom is -0.481 e. The first-order chi connectivity index (χ1) is 20.4. The highest BCUT2D eigenvalue weighted by Crippen LogP contribution is 2.31. The van der Waals surface area contributed by atoms with Gasteiger partial charge >= 0.3 is 11.9 Å². The zero-order valence-electron chi connectivity index (χ0n) is 25.6. The molecule has 10 nitrogen and oxygen atoms in total. The van der Waals surface area contributed by atoms with Crippen LogP contribution in [0.3, 0.4) is 0 Å². The Morgan fingerprint density at radius 2 is 1.13 bits per heavy atom. The van der Waals surface area contributed by atoms with Gasteiger partial charge in [-0.2, -0.15) is 0 Å². The van der Waals surface area contributed by atoms with Crippen molar-refractivity contribution in [1.82, 2.24) is 20.6 Å². The van der Waals surface area contributed by atoms with Crippen molar-refractivity contribution in [3.63, 3.8) is 0 Å². The highest BCUT2D eigenvalue weighted by molar-refractivity contribution is 6.03. The van der Waals surface area contributed by atoms with Crippen LogP contribution in [-0.4, -0.2) is 43.9 Å². The number of rotatable bonds is 12. The minimum absolute atomic E-state index is 0. The Bertz CT molecular complexity index is 1720. The average molecular weight is 658 g/mol. The number of aliphatic carboxylic acids is 2. The Morgan fingerprint density at radius 1 is 0.689 bits per heavy atom. The van der Waals surface area contributed by atoms with Crippen LogP contribution in [0.5, 0.6) is 0 Å². The van der Waals surface area contributed by atoms with Crippen LogP contribution in [0, 0.1) is 13.8 Å². The molecule has 2 aromatic rings. The fraction of sp³-hybridized carbons (Fsp3) is 0.273. The van der Waals surface area contributed by atoms with Crippen LogP contribution in [0.2, 0.25) is 0 Å². The van der Waals surface area contributed by atoms with Crippen molar-refractivity contribution in [1.29, 1.82) is 0 Å². The van der Waals surface area contributed by atoms with Gasteiger partial charge in [0.2, 0.25) is 0 Å². The molecule has 4 rings (SSSR count). The largest absolute Gasteiger partial charge is 0.481 e. The maximum Gasteiger partial charge on any atom is 0.303 e. The number of amides is 2. The Kier molecular flexibility index (Phi) is 12.2. The summed E-state index contributed by atoms with van der Waals surface area (Å²) in [5, 5.41) is 24.6. The number of carboxylic acid groups (broad SMARTS) is 2. The maximum atomic E-state index is 12.3. The molecule has 0 bridgehead atoms. The summed E-state index contributed by atoms with van der Waals surface area (Å²) in [7, 11) is 0. The molecule has 0 atom stereocenters. The number of aromatic amines is 2. The smallest absolute Gasteiger partial charge is 0.303 e. The fourth-order valence-corrected chi connectivity index (χ4v) is 5.61. The van der Waals surface area contributed by atoms with Crippen LogP contribution in [0.1, 0.15) is 71.7 Å². The molecule has 0 aromatic carbocycles. The number of aromatic nitrogens is 2. The minimum atomic E-state index is -0.922. The second kappa shape index (κ2) is 15.0. The van der Waals surface area contributed by atoms with Crippen molar-refractivity contribution < 1.29 is 29.4 Å². The van der Waals surface area contributed by atoms with Crippen LogP contribution < -0.4 is 10.6 Å². The molecular formula is C33H38Cl2N4O6. The fourth-order valence-electron chi connectivity index (χ4n) is 5.61. The van der Waals surface area contributed by atoms with Gasteiger partial charge in [-0.25, -0.2) is 0 Å². The van der Waals surface area contributed by atoms with Gasteiger partial charge in [-0.1, -0.05) is 25.3 Å². The van der Waals surface area contributed by atoms with Crippen molar-refractivity contribution in [2.75, 3.05) is 0 Å². The summed E-state index contributed by atoms with van der Waals surface area (Å²) >= 11 is 0. The maximum absolute atomic E-state index is 12.3. The number of hydrogen-bond donors (Lipinski definition) is 6. The number of halogens is 2. The van der Waals surface area contributed by atoms with Crippen molar-refractivity contribution in [3.05, 3.63) is 104 Å². The summed E-state index contributed by atoms with van der Waals surface area (Å²) in [4.78, 5) is 54.5. The highest BCUT2D eigenvalue weighted by Gasteiger charge is 2.25. The van der Waals surface area contributed by atoms with Crippen LogP contribution in [0.25, 0.3) is 12.2 Å². The van der Waals surface area contributed by atoms with Crippen molar-refractivity contribution in [2.45, 2.75) is 59.8 Å². The molecule has 2 aliphatic rings. The molecule has 12 heteroatoms. The molecule has 2 aromatic heterocycles. The molecule has 4 heterocycles. The van der Waals surface area contributed by atoms with E-state index in [2.05, 4.69) is 33.8 Å². The van der Waals surface area contributed by atoms with Gasteiger partial charge in [0.25, 0.3) is 11.8 Å². The first-order valence-corrected chi connectivity index (χ1v) is 13.9. The number of carbonyl (C=O) groups is 4. The third-order valence-corrected chi connectivity index (χ3v) is 8.11. The summed E-state index contributed by atoms with van der Waals surface area (Å²) in [6.07, 6.45) is 7.58. The topological polar surface area (TPSA) is 164 Å². The second-order valence-corrected chi connectivity index (χ2v) is 10.7. The van der Waals surface area contributed by atoms with E-state index in [1.54, 1.807) is 13.0 Å². The predicted octanol–water partition coefficient (Wildman–Crippen LogP) is 5.37. The van der Waals surface area contributed by atoms with E-state index in [0.29, 0.717) is 34.5 Å². The van der Waals surface area contributed by atoms with E-state index in [-0.39, 0.29) is 62.3 Å². The molecule has 2 aliphatic heterocycles. The first-order valence-electron chi connectivity index (χ1n) is 13.9. The van der Waals surface area contributed by atoms with Crippen LogP contribution in [-0.2, 0) is 38.4 Å². The Labute approximate surface area is 274 Å². The monoisotopic (exact) mass is 656 g/mol. The highest BCUT2D eigenvalue weighted by atomic mass is 35.5. The van der Waals surface area contributed by atoms with Gasteiger partial charge in [0, 0.05) is 64.5 Å². The van der Waals surface area contributed by atoms with Crippen molar-refractivity contribution in [3.8, 4) is 0 Å². The summed E-state index contributed by atoms with van der Waals surface area (Å²) in [6, 6.07) is 0. The molecule has 0 radical (unpaired) electrons. The molecule has 0 saturated heterocycles. The number of nitrogens with one attached hydrogen (secondary N) is 4. The molecule has 0 fully saturated rings.